The number of ether oxygens (including phenoxy) is 1. The van der Waals surface area contributed by atoms with Crippen LogP contribution in [0.4, 0.5) is 31.9 Å². The average Bonchev–Trinajstić information content (AvgIpc) is 3.66. The smallest absolute Gasteiger partial charge is 0.258 e. The van der Waals surface area contributed by atoms with Gasteiger partial charge in [-0.25, -0.2) is 13.8 Å². The van der Waals surface area contributed by atoms with E-state index in [0.29, 0.717) is 47.3 Å². The number of halogens is 2. The van der Waals surface area contributed by atoms with Gasteiger partial charge in [0.15, 0.2) is 5.94 Å². The van der Waals surface area contributed by atoms with E-state index in [9.17, 15) is 22.7 Å². The standard InChI is InChI=1S/C27H36F2N6O4S/c1-19-16-23(32-25(30-19)34-12-8-27(28,29)9-13-34)31-24(36)21-3-2-20(35-14-15-39-18-40(35,37)38)17-22(21)33-10-6-26(4-5-26)7-11-33/h2-3,16-17,37-38H,4-15,18H2,1H3,(H,30,31,32,36). The van der Waals surface area contributed by atoms with Crippen molar-refractivity contribution in [1.82, 2.24) is 9.97 Å². The Labute approximate surface area is 234 Å². The molecule has 10 nitrogen and oxygen atoms in total. The summed E-state index contributed by atoms with van der Waals surface area (Å²) in [6, 6.07) is 6.97. The Hall–Kier alpha value is -2.74. The van der Waals surface area contributed by atoms with Gasteiger partial charge >= 0.3 is 0 Å². The zero-order valence-corrected chi connectivity index (χ0v) is 23.4. The van der Waals surface area contributed by atoms with E-state index in [0.717, 1.165) is 31.6 Å². The van der Waals surface area contributed by atoms with Gasteiger partial charge in [-0.1, -0.05) is 10.8 Å². The highest BCUT2D eigenvalue weighted by atomic mass is 32.3. The van der Waals surface area contributed by atoms with Crippen molar-refractivity contribution in [2.45, 2.75) is 51.4 Å². The zero-order valence-electron chi connectivity index (χ0n) is 22.6. The predicted molar refractivity (Wildman–Crippen MR) is 152 cm³/mol. The van der Waals surface area contributed by atoms with E-state index in [2.05, 4.69) is 20.2 Å². The molecule has 1 saturated carbocycles. The largest absolute Gasteiger partial charge is 0.371 e. The minimum atomic E-state index is -3.12. The Balaban J connectivity index is 1.27. The van der Waals surface area contributed by atoms with Gasteiger partial charge in [-0.3, -0.25) is 18.2 Å². The molecular weight excluding hydrogens is 542 g/mol. The first-order valence-corrected chi connectivity index (χ1v) is 15.5. The minimum Gasteiger partial charge on any atom is -0.371 e. The molecule has 0 radical (unpaired) electrons. The average molecular weight is 579 g/mol. The van der Waals surface area contributed by atoms with Gasteiger partial charge in [0.1, 0.15) is 5.82 Å². The first-order valence-electron chi connectivity index (χ1n) is 13.8. The van der Waals surface area contributed by atoms with E-state index in [-0.39, 0.29) is 37.8 Å². The molecule has 4 aliphatic rings. The fraction of sp³-hybridized carbons (Fsp3) is 0.593. The van der Waals surface area contributed by atoms with E-state index in [4.69, 9.17) is 4.74 Å². The number of amides is 1. The van der Waals surface area contributed by atoms with E-state index < -0.39 is 16.7 Å². The predicted octanol–water partition coefficient (Wildman–Crippen LogP) is 5.11. The molecule has 3 N–H and O–H groups in total. The van der Waals surface area contributed by atoms with E-state index in [1.807, 2.05) is 6.07 Å². The number of rotatable bonds is 5. The minimum absolute atomic E-state index is 0.145. The second kappa shape index (κ2) is 10.3. The third-order valence-corrected chi connectivity index (χ3v) is 10.1. The van der Waals surface area contributed by atoms with Crippen molar-refractivity contribution in [2.24, 2.45) is 5.41 Å². The topological polar surface area (TPSA) is 114 Å². The molecule has 0 atom stereocenters. The van der Waals surface area contributed by atoms with Crippen LogP contribution in [0.1, 0.15) is 54.6 Å². The fourth-order valence-electron chi connectivity index (χ4n) is 5.83. The summed E-state index contributed by atoms with van der Waals surface area (Å²) in [5.41, 5.74) is 2.89. The number of aryl methyl sites for hydroxylation is 1. The molecule has 1 aromatic carbocycles. The normalized spacial score (nSPS) is 24.1. The van der Waals surface area contributed by atoms with Gasteiger partial charge in [-0.2, -0.15) is 4.98 Å². The van der Waals surface area contributed by atoms with Gasteiger partial charge < -0.3 is 19.9 Å². The number of aromatic nitrogens is 2. The van der Waals surface area contributed by atoms with Crippen molar-refractivity contribution >= 4 is 39.8 Å². The number of carbonyl (C=O) groups excluding carboxylic acids is 1. The van der Waals surface area contributed by atoms with Gasteiger partial charge in [0.05, 0.1) is 30.1 Å². The highest BCUT2D eigenvalue weighted by Gasteiger charge is 2.45. The molecular formula is C27H36F2N6O4S. The zero-order chi connectivity index (χ0) is 28.1. The van der Waals surface area contributed by atoms with E-state index in [1.165, 1.54) is 12.8 Å². The number of anilines is 4. The number of piperidine rings is 2. The second-order valence-corrected chi connectivity index (χ2v) is 13.4. The lowest BCUT2D eigenvalue weighted by Gasteiger charge is -2.47. The van der Waals surface area contributed by atoms with Crippen LogP contribution in [0.5, 0.6) is 0 Å². The van der Waals surface area contributed by atoms with Crippen LogP contribution in [0.15, 0.2) is 24.3 Å². The molecule has 2 aromatic rings. The first-order chi connectivity index (χ1) is 19.0. The molecule has 13 heteroatoms. The lowest BCUT2D eigenvalue weighted by Crippen LogP contribution is -2.40. The highest BCUT2D eigenvalue weighted by molar-refractivity contribution is 8.25. The number of hydrogen-bond acceptors (Lipinski definition) is 9. The monoisotopic (exact) mass is 578 g/mol. The lowest BCUT2D eigenvalue weighted by molar-refractivity contribution is -0.0222. The summed E-state index contributed by atoms with van der Waals surface area (Å²) < 4.78 is 55.4. The Bertz CT molecular complexity index is 1270. The number of alkyl halides is 2. The van der Waals surface area contributed by atoms with Crippen LogP contribution in [-0.4, -0.2) is 76.2 Å². The summed E-state index contributed by atoms with van der Waals surface area (Å²) >= 11 is 0. The molecule has 0 bridgehead atoms. The molecule has 40 heavy (non-hydrogen) atoms. The Morgan fingerprint density at radius 3 is 2.35 bits per heavy atom. The van der Waals surface area contributed by atoms with Crippen molar-refractivity contribution in [2.75, 3.05) is 64.7 Å². The molecule has 1 amide bonds. The lowest BCUT2D eigenvalue weighted by atomic mass is 9.93. The van der Waals surface area contributed by atoms with Crippen LogP contribution in [0.2, 0.25) is 0 Å². The molecule has 3 aliphatic heterocycles. The molecule has 0 unspecified atom stereocenters. The summed E-state index contributed by atoms with van der Waals surface area (Å²) in [7, 11) is -3.12. The van der Waals surface area contributed by atoms with Gasteiger partial charge in [0, 0.05) is 50.8 Å². The number of carbonyl (C=O) groups is 1. The number of benzene rings is 1. The van der Waals surface area contributed by atoms with Gasteiger partial charge in [-0.15, -0.1) is 0 Å². The number of nitrogens with one attached hydrogen (secondary N) is 1. The van der Waals surface area contributed by atoms with Crippen molar-refractivity contribution < 1.29 is 27.4 Å². The van der Waals surface area contributed by atoms with Gasteiger partial charge in [-0.05, 0) is 56.2 Å². The van der Waals surface area contributed by atoms with Crippen LogP contribution in [0, 0.1) is 12.3 Å². The van der Waals surface area contributed by atoms with Crippen molar-refractivity contribution in [3.8, 4) is 0 Å². The molecule has 1 spiro atoms. The second-order valence-electron chi connectivity index (χ2n) is 11.4. The number of hydrogen-bond donors (Lipinski definition) is 3. The summed E-state index contributed by atoms with van der Waals surface area (Å²) in [4.78, 5) is 26.5. The van der Waals surface area contributed by atoms with Gasteiger partial charge in [0.2, 0.25) is 5.95 Å². The molecule has 1 aliphatic carbocycles. The van der Waals surface area contributed by atoms with Gasteiger partial charge in [0.25, 0.3) is 11.8 Å². The van der Waals surface area contributed by atoms with Crippen LogP contribution in [-0.2, 0) is 4.74 Å². The number of nitrogens with zero attached hydrogens (tertiary/aromatic N) is 5. The summed E-state index contributed by atoms with van der Waals surface area (Å²) in [6.07, 6.45) is 4.13. The quantitative estimate of drug-likeness (QED) is 0.445. The maximum atomic E-state index is 13.7. The maximum Gasteiger partial charge on any atom is 0.258 e. The Kier molecular flexibility index (Phi) is 7.04. The van der Waals surface area contributed by atoms with E-state index >= 15 is 0 Å². The Morgan fingerprint density at radius 2 is 1.68 bits per heavy atom. The van der Waals surface area contributed by atoms with Crippen molar-refractivity contribution in [3.05, 3.63) is 35.5 Å². The molecule has 4 fully saturated rings. The molecule has 6 rings (SSSR count). The first kappa shape index (κ1) is 27.4. The summed E-state index contributed by atoms with van der Waals surface area (Å²) in [6.45, 7) is 4.42. The van der Waals surface area contributed by atoms with Crippen molar-refractivity contribution in [1.29, 1.82) is 0 Å². The highest BCUT2D eigenvalue weighted by Crippen LogP contribution is 2.54. The van der Waals surface area contributed by atoms with Crippen LogP contribution in [0.25, 0.3) is 0 Å². The maximum absolute atomic E-state index is 13.7. The van der Waals surface area contributed by atoms with E-state index in [1.54, 1.807) is 34.3 Å². The SMILES string of the molecule is Cc1cc(NC(=O)c2ccc(N3CCOCS3(O)O)cc2N2CCC3(CC2)CC3)nc(N2CCC(F)(F)CC2)n1. The van der Waals surface area contributed by atoms with Crippen LogP contribution in [0.3, 0.4) is 0 Å². The molecule has 3 saturated heterocycles. The Morgan fingerprint density at radius 1 is 0.975 bits per heavy atom. The fourth-order valence-corrected chi connectivity index (χ4v) is 7.12. The van der Waals surface area contributed by atoms with Crippen molar-refractivity contribution in [3.63, 3.8) is 0 Å². The molecule has 218 valence electrons. The summed E-state index contributed by atoms with van der Waals surface area (Å²) in [5.74, 6) is -2.55. The summed E-state index contributed by atoms with van der Waals surface area (Å²) in [5, 5.41) is 2.90. The van der Waals surface area contributed by atoms with Crippen LogP contribution < -0.4 is 19.4 Å². The third kappa shape index (κ3) is 5.69. The molecule has 1 aromatic heterocycles. The third-order valence-electron chi connectivity index (χ3n) is 8.53. The van der Waals surface area contributed by atoms with Crippen LogP contribution >= 0.6 is 10.8 Å². The molecule has 4 heterocycles.